The first-order valence-corrected chi connectivity index (χ1v) is 9.33. The van der Waals surface area contributed by atoms with E-state index in [1.165, 1.54) is 17.5 Å². The van der Waals surface area contributed by atoms with E-state index in [0.717, 1.165) is 22.5 Å². The Morgan fingerprint density at radius 1 is 1.07 bits per heavy atom. The van der Waals surface area contributed by atoms with Crippen molar-refractivity contribution in [1.29, 1.82) is 0 Å². The number of thiazole rings is 1. The van der Waals surface area contributed by atoms with Gasteiger partial charge in [0.15, 0.2) is 5.13 Å². The van der Waals surface area contributed by atoms with Crippen LogP contribution in [0, 0.1) is 0 Å². The second kappa shape index (κ2) is 7.51. The third kappa shape index (κ3) is 3.63. The van der Waals surface area contributed by atoms with Crippen LogP contribution in [0.1, 0.15) is 17.4 Å². The number of para-hydroxylation sites is 3. The van der Waals surface area contributed by atoms with Crippen molar-refractivity contribution in [3.05, 3.63) is 65.8 Å². The highest BCUT2D eigenvalue weighted by molar-refractivity contribution is 7.14. The minimum atomic E-state index is -0.341. The number of nitrogens with zero attached hydrogens (tertiary/aromatic N) is 3. The molecular weight excluding hydrogens is 360 g/mol. The summed E-state index contributed by atoms with van der Waals surface area (Å²) in [6.45, 7) is 2.51. The molecule has 1 amide bonds. The third-order valence-corrected chi connectivity index (χ3v) is 4.63. The Balaban J connectivity index is 1.56. The molecule has 0 aliphatic heterocycles. The summed E-state index contributed by atoms with van der Waals surface area (Å²) in [6.07, 6.45) is 1.47. The molecule has 0 aliphatic rings. The van der Waals surface area contributed by atoms with Crippen molar-refractivity contribution < 1.29 is 9.53 Å². The van der Waals surface area contributed by atoms with Crippen LogP contribution in [0.4, 0.5) is 5.13 Å². The van der Waals surface area contributed by atoms with Gasteiger partial charge in [0.25, 0.3) is 5.91 Å². The number of amides is 1. The fourth-order valence-corrected chi connectivity index (χ4v) is 3.35. The van der Waals surface area contributed by atoms with Gasteiger partial charge >= 0.3 is 0 Å². The summed E-state index contributed by atoms with van der Waals surface area (Å²) in [5.41, 5.74) is 3.32. The van der Waals surface area contributed by atoms with E-state index in [9.17, 15) is 4.79 Å². The van der Waals surface area contributed by atoms with Crippen molar-refractivity contribution in [2.24, 2.45) is 0 Å². The molecule has 0 radical (unpaired) electrons. The van der Waals surface area contributed by atoms with Crippen molar-refractivity contribution in [3.8, 4) is 17.0 Å². The molecule has 4 aromatic rings. The second-order valence-corrected chi connectivity index (χ2v) is 6.52. The molecule has 4 rings (SSSR count). The molecule has 0 spiro atoms. The van der Waals surface area contributed by atoms with Gasteiger partial charge in [-0.1, -0.05) is 24.3 Å². The van der Waals surface area contributed by atoms with Gasteiger partial charge in [-0.15, -0.1) is 11.3 Å². The minimum Gasteiger partial charge on any atom is -0.493 e. The van der Waals surface area contributed by atoms with E-state index in [4.69, 9.17) is 4.74 Å². The van der Waals surface area contributed by atoms with Gasteiger partial charge in [-0.3, -0.25) is 15.1 Å². The smallest absolute Gasteiger partial charge is 0.277 e. The van der Waals surface area contributed by atoms with Crippen LogP contribution in [0.2, 0.25) is 0 Å². The Labute approximate surface area is 159 Å². The Morgan fingerprint density at radius 2 is 1.85 bits per heavy atom. The highest BCUT2D eigenvalue weighted by atomic mass is 32.1. The number of carbonyl (C=O) groups is 1. The lowest BCUT2D eigenvalue weighted by Crippen LogP contribution is -2.14. The molecule has 7 heteroatoms. The predicted octanol–water partition coefficient (Wildman–Crippen LogP) is 4.40. The fraction of sp³-hybridized carbons (Fsp3) is 0.100. The van der Waals surface area contributed by atoms with Crippen LogP contribution < -0.4 is 10.1 Å². The van der Waals surface area contributed by atoms with Gasteiger partial charge in [-0.2, -0.15) is 0 Å². The summed E-state index contributed by atoms with van der Waals surface area (Å²) in [6, 6.07) is 15.1. The average molecular weight is 376 g/mol. The van der Waals surface area contributed by atoms with Crippen molar-refractivity contribution in [1.82, 2.24) is 15.0 Å². The zero-order chi connectivity index (χ0) is 18.6. The summed E-state index contributed by atoms with van der Waals surface area (Å²) >= 11 is 1.35. The van der Waals surface area contributed by atoms with Gasteiger partial charge in [0, 0.05) is 10.9 Å². The molecule has 134 valence electrons. The van der Waals surface area contributed by atoms with E-state index < -0.39 is 0 Å². The van der Waals surface area contributed by atoms with Gasteiger partial charge in [0.2, 0.25) is 0 Å². The number of hydrogen-bond donors (Lipinski definition) is 1. The molecule has 2 heterocycles. The Hall–Kier alpha value is -3.32. The van der Waals surface area contributed by atoms with Crippen LogP contribution in [0.3, 0.4) is 0 Å². The Bertz CT molecular complexity index is 1110. The van der Waals surface area contributed by atoms with Gasteiger partial charge in [-0.05, 0) is 31.2 Å². The maximum Gasteiger partial charge on any atom is 0.277 e. The molecule has 2 aromatic heterocycles. The Morgan fingerprint density at radius 3 is 2.70 bits per heavy atom. The molecule has 1 N–H and O–H groups in total. The van der Waals surface area contributed by atoms with Crippen LogP contribution in [0.25, 0.3) is 22.3 Å². The van der Waals surface area contributed by atoms with E-state index in [0.29, 0.717) is 17.3 Å². The lowest BCUT2D eigenvalue weighted by molar-refractivity contribution is 0.102. The standard InChI is InChI=1S/C20H16N4O2S/c1-2-26-18-10-6-3-7-13(18)17-12-27-20(23-17)24-19(25)16-11-21-14-8-4-5-9-15(14)22-16/h3-12H,2H2,1H3,(H,23,24,25). The number of nitrogens with one attached hydrogen (secondary N) is 1. The van der Waals surface area contributed by atoms with E-state index in [1.54, 1.807) is 0 Å². The summed E-state index contributed by atoms with van der Waals surface area (Å²) in [5.74, 6) is 0.427. The normalized spacial score (nSPS) is 10.7. The number of carbonyl (C=O) groups excluding carboxylic acids is 1. The molecular formula is C20H16N4O2S. The van der Waals surface area contributed by atoms with E-state index >= 15 is 0 Å². The number of ether oxygens (including phenoxy) is 1. The first-order chi connectivity index (χ1) is 13.2. The SMILES string of the molecule is CCOc1ccccc1-c1csc(NC(=O)c2cnc3ccccc3n2)n1. The lowest BCUT2D eigenvalue weighted by Gasteiger charge is -2.07. The van der Waals surface area contributed by atoms with Crippen LogP contribution in [0.5, 0.6) is 5.75 Å². The van der Waals surface area contributed by atoms with Crippen LogP contribution in [-0.2, 0) is 0 Å². The second-order valence-electron chi connectivity index (χ2n) is 5.67. The maximum atomic E-state index is 12.5. The molecule has 0 bridgehead atoms. The van der Waals surface area contributed by atoms with E-state index in [2.05, 4.69) is 20.3 Å². The minimum absolute atomic E-state index is 0.250. The molecule has 0 atom stereocenters. The monoisotopic (exact) mass is 376 g/mol. The fourth-order valence-electron chi connectivity index (χ4n) is 2.64. The molecule has 0 saturated heterocycles. The number of rotatable bonds is 5. The van der Waals surface area contributed by atoms with Crippen molar-refractivity contribution in [2.75, 3.05) is 11.9 Å². The van der Waals surface area contributed by atoms with E-state index in [1.807, 2.05) is 60.8 Å². The number of fused-ring (bicyclic) bond motifs is 1. The topological polar surface area (TPSA) is 77.0 Å². The van der Waals surface area contributed by atoms with E-state index in [-0.39, 0.29) is 11.6 Å². The van der Waals surface area contributed by atoms with Crippen LogP contribution >= 0.6 is 11.3 Å². The molecule has 0 aliphatic carbocycles. The number of benzene rings is 2. The van der Waals surface area contributed by atoms with Crippen LogP contribution in [-0.4, -0.2) is 27.5 Å². The molecule has 2 aromatic carbocycles. The average Bonchev–Trinajstić information content (AvgIpc) is 3.16. The largest absolute Gasteiger partial charge is 0.493 e. The maximum absolute atomic E-state index is 12.5. The first kappa shape index (κ1) is 17.1. The number of anilines is 1. The molecule has 6 nitrogen and oxygen atoms in total. The van der Waals surface area contributed by atoms with Crippen molar-refractivity contribution in [2.45, 2.75) is 6.92 Å². The summed E-state index contributed by atoms with van der Waals surface area (Å²) in [7, 11) is 0. The predicted molar refractivity (Wildman–Crippen MR) is 106 cm³/mol. The van der Waals surface area contributed by atoms with Gasteiger partial charge in [0.05, 0.1) is 29.5 Å². The summed E-state index contributed by atoms with van der Waals surface area (Å²) in [4.78, 5) is 25.6. The number of hydrogen-bond acceptors (Lipinski definition) is 6. The third-order valence-electron chi connectivity index (χ3n) is 3.87. The van der Waals surface area contributed by atoms with Gasteiger partial charge in [0.1, 0.15) is 11.4 Å². The zero-order valence-electron chi connectivity index (χ0n) is 14.5. The molecule has 0 unspecified atom stereocenters. The summed E-state index contributed by atoms with van der Waals surface area (Å²) in [5, 5.41) is 5.17. The van der Waals surface area contributed by atoms with Gasteiger partial charge < -0.3 is 4.74 Å². The molecule has 0 saturated carbocycles. The van der Waals surface area contributed by atoms with Gasteiger partial charge in [-0.25, -0.2) is 9.97 Å². The highest BCUT2D eigenvalue weighted by Gasteiger charge is 2.14. The Kier molecular flexibility index (Phi) is 4.76. The lowest BCUT2D eigenvalue weighted by atomic mass is 10.1. The summed E-state index contributed by atoms with van der Waals surface area (Å²) < 4.78 is 5.65. The quantitative estimate of drug-likeness (QED) is 0.558. The van der Waals surface area contributed by atoms with Crippen LogP contribution in [0.15, 0.2) is 60.1 Å². The zero-order valence-corrected chi connectivity index (χ0v) is 15.4. The highest BCUT2D eigenvalue weighted by Crippen LogP contribution is 2.32. The molecule has 27 heavy (non-hydrogen) atoms. The van der Waals surface area contributed by atoms with Crippen molar-refractivity contribution in [3.63, 3.8) is 0 Å². The molecule has 0 fully saturated rings. The first-order valence-electron chi connectivity index (χ1n) is 8.45. The van der Waals surface area contributed by atoms with Crippen molar-refractivity contribution >= 4 is 33.4 Å². The number of aromatic nitrogens is 3.